The number of nitrogens with zero attached hydrogens (tertiary/aromatic N) is 1. The fourth-order valence-corrected chi connectivity index (χ4v) is 2.37. The van der Waals surface area contributed by atoms with Gasteiger partial charge < -0.3 is 15.4 Å². The van der Waals surface area contributed by atoms with Crippen LogP contribution in [0.4, 0.5) is 20.2 Å². The molecule has 0 aromatic heterocycles. The van der Waals surface area contributed by atoms with Crippen molar-refractivity contribution in [3.8, 4) is 0 Å². The summed E-state index contributed by atoms with van der Waals surface area (Å²) in [5.74, 6) is 0. The molecule has 5 heteroatoms. The Balaban J connectivity index is 2.18. The summed E-state index contributed by atoms with van der Waals surface area (Å²) in [5, 5.41) is 0. The highest BCUT2D eigenvalue weighted by molar-refractivity contribution is 5.60. The standard InChI is InChI=1S/C13H18F2N2O/c1-18-10-4-6-17(7-5-10)12-3-2-9(16)8-11(12)13(14)15/h2-3,8,10,13H,4-7,16H2,1H3. The molecule has 1 aliphatic heterocycles. The first-order chi connectivity index (χ1) is 8.61. The van der Waals surface area contributed by atoms with E-state index >= 15 is 0 Å². The first-order valence-electron chi connectivity index (χ1n) is 6.07. The van der Waals surface area contributed by atoms with E-state index in [1.54, 1.807) is 19.2 Å². The third-order valence-corrected chi connectivity index (χ3v) is 3.40. The number of piperidine rings is 1. The minimum absolute atomic E-state index is 0.0193. The Hall–Kier alpha value is -1.36. The lowest BCUT2D eigenvalue weighted by atomic mass is 10.0. The topological polar surface area (TPSA) is 38.5 Å². The van der Waals surface area contributed by atoms with E-state index in [0.717, 1.165) is 25.9 Å². The molecule has 18 heavy (non-hydrogen) atoms. The van der Waals surface area contributed by atoms with Gasteiger partial charge in [0.15, 0.2) is 0 Å². The first kappa shape index (κ1) is 13.1. The summed E-state index contributed by atoms with van der Waals surface area (Å²) in [4.78, 5) is 1.98. The van der Waals surface area contributed by atoms with Gasteiger partial charge in [0, 0.05) is 37.1 Å². The Labute approximate surface area is 106 Å². The molecule has 1 aromatic rings. The Kier molecular flexibility index (Phi) is 4.01. The molecule has 0 saturated carbocycles. The zero-order valence-corrected chi connectivity index (χ0v) is 10.4. The average molecular weight is 256 g/mol. The first-order valence-corrected chi connectivity index (χ1v) is 6.07. The summed E-state index contributed by atoms with van der Waals surface area (Å²) in [6.45, 7) is 1.48. The van der Waals surface area contributed by atoms with E-state index < -0.39 is 6.43 Å². The van der Waals surface area contributed by atoms with E-state index in [-0.39, 0.29) is 11.7 Å². The van der Waals surface area contributed by atoms with Crippen molar-refractivity contribution in [1.82, 2.24) is 0 Å². The average Bonchev–Trinajstić information content (AvgIpc) is 2.39. The van der Waals surface area contributed by atoms with Crippen molar-refractivity contribution in [2.45, 2.75) is 25.4 Å². The second-order valence-corrected chi connectivity index (χ2v) is 4.54. The molecule has 0 amide bonds. The summed E-state index contributed by atoms with van der Waals surface area (Å²) >= 11 is 0. The fourth-order valence-electron chi connectivity index (χ4n) is 2.37. The van der Waals surface area contributed by atoms with Crippen LogP contribution in [0.1, 0.15) is 24.8 Å². The van der Waals surface area contributed by atoms with Crippen LogP contribution in [0, 0.1) is 0 Å². The molecule has 1 saturated heterocycles. The van der Waals surface area contributed by atoms with Gasteiger partial charge in [-0.25, -0.2) is 8.78 Å². The van der Waals surface area contributed by atoms with Crippen LogP contribution in [0.5, 0.6) is 0 Å². The van der Waals surface area contributed by atoms with Crippen LogP contribution < -0.4 is 10.6 Å². The van der Waals surface area contributed by atoms with Gasteiger partial charge in [0.25, 0.3) is 6.43 Å². The van der Waals surface area contributed by atoms with Gasteiger partial charge in [-0.2, -0.15) is 0 Å². The summed E-state index contributed by atoms with van der Waals surface area (Å²) in [6.07, 6.45) is -0.527. The zero-order valence-electron chi connectivity index (χ0n) is 10.4. The third-order valence-electron chi connectivity index (χ3n) is 3.40. The minimum Gasteiger partial charge on any atom is -0.399 e. The molecule has 1 fully saturated rings. The van der Waals surface area contributed by atoms with Crippen LogP contribution in [0.25, 0.3) is 0 Å². The second-order valence-electron chi connectivity index (χ2n) is 4.54. The van der Waals surface area contributed by atoms with Crippen molar-refractivity contribution in [3.63, 3.8) is 0 Å². The Morgan fingerprint density at radius 3 is 2.56 bits per heavy atom. The molecule has 0 bridgehead atoms. The maximum absolute atomic E-state index is 13.0. The Morgan fingerprint density at radius 1 is 1.33 bits per heavy atom. The van der Waals surface area contributed by atoms with Gasteiger partial charge in [0.2, 0.25) is 0 Å². The van der Waals surface area contributed by atoms with E-state index in [9.17, 15) is 8.78 Å². The smallest absolute Gasteiger partial charge is 0.265 e. The van der Waals surface area contributed by atoms with Gasteiger partial charge in [0.05, 0.1) is 6.10 Å². The summed E-state index contributed by atoms with van der Waals surface area (Å²) in [6, 6.07) is 4.72. The molecule has 2 N–H and O–H groups in total. The van der Waals surface area contributed by atoms with Crippen molar-refractivity contribution in [1.29, 1.82) is 0 Å². The molecule has 0 radical (unpaired) electrons. The minimum atomic E-state index is -2.50. The number of alkyl halides is 2. The molecule has 0 spiro atoms. The number of hydrogen-bond donors (Lipinski definition) is 1. The quantitative estimate of drug-likeness (QED) is 0.845. The van der Waals surface area contributed by atoms with Crippen molar-refractivity contribution in [3.05, 3.63) is 23.8 Å². The highest BCUT2D eigenvalue weighted by atomic mass is 19.3. The Bertz CT molecular complexity index is 404. The second kappa shape index (κ2) is 5.52. The van der Waals surface area contributed by atoms with Crippen molar-refractivity contribution in [2.24, 2.45) is 0 Å². The normalized spacial score (nSPS) is 17.4. The van der Waals surface area contributed by atoms with Gasteiger partial charge in [0.1, 0.15) is 0 Å². The van der Waals surface area contributed by atoms with Crippen LogP contribution >= 0.6 is 0 Å². The molecule has 2 rings (SSSR count). The van der Waals surface area contributed by atoms with Gasteiger partial charge in [-0.1, -0.05) is 0 Å². The predicted molar refractivity (Wildman–Crippen MR) is 68.1 cm³/mol. The van der Waals surface area contributed by atoms with Crippen molar-refractivity contribution < 1.29 is 13.5 Å². The number of nitrogen functional groups attached to an aromatic ring is 1. The van der Waals surface area contributed by atoms with Gasteiger partial charge in [-0.3, -0.25) is 0 Å². The van der Waals surface area contributed by atoms with Crippen LogP contribution in [0.15, 0.2) is 18.2 Å². The monoisotopic (exact) mass is 256 g/mol. The number of rotatable bonds is 3. The number of methoxy groups -OCH3 is 1. The number of ether oxygens (including phenoxy) is 1. The van der Waals surface area contributed by atoms with Gasteiger partial charge >= 0.3 is 0 Å². The molecule has 3 nitrogen and oxygen atoms in total. The molecule has 1 heterocycles. The number of nitrogens with two attached hydrogens (primary N) is 1. The largest absolute Gasteiger partial charge is 0.399 e. The number of benzene rings is 1. The van der Waals surface area contributed by atoms with Crippen LogP contribution in [-0.4, -0.2) is 26.3 Å². The molecule has 0 aliphatic carbocycles. The van der Waals surface area contributed by atoms with Gasteiger partial charge in [-0.15, -0.1) is 0 Å². The van der Waals surface area contributed by atoms with E-state index in [1.165, 1.54) is 6.07 Å². The lowest BCUT2D eigenvalue weighted by Gasteiger charge is -2.34. The molecular weight excluding hydrogens is 238 g/mol. The molecule has 0 atom stereocenters. The predicted octanol–water partition coefficient (Wildman–Crippen LogP) is 2.82. The van der Waals surface area contributed by atoms with Crippen molar-refractivity contribution in [2.75, 3.05) is 30.8 Å². The number of hydrogen-bond acceptors (Lipinski definition) is 3. The third kappa shape index (κ3) is 2.72. The lowest BCUT2D eigenvalue weighted by molar-refractivity contribution is 0.0817. The molecule has 1 aliphatic rings. The van der Waals surface area contributed by atoms with E-state index in [4.69, 9.17) is 10.5 Å². The van der Waals surface area contributed by atoms with Crippen LogP contribution in [-0.2, 0) is 4.74 Å². The zero-order chi connectivity index (χ0) is 13.1. The number of anilines is 2. The summed E-state index contributed by atoms with van der Waals surface area (Å²) in [7, 11) is 1.69. The molecule has 0 unspecified atom stereocenters. The maximum Gasteiger partial charge on any atom is 0.265 e. The van der Waals surface area contributed by atoms with Crippen LogP contribution in [0.2, 0.25) is 0 Å². The fraction of sp³-hybridized carbons (Fsp3) is 0.538. The van der Waals surface area contributed by atoms with E-state index in [2.05, 4.69) is 0 Å². The van der Waals surface area contributed by atoms with Gasteiger partial charge in [-0.05, 0) is 31.0 Å². The maximum atomic E-state index is 13.0. The van der Waals surface area contributed by atoms with E-state index in [0.29, 0.717) is 11.4 Å². The number of halogens is 2. The molecule has 100 valence electrons. The lowest BCUT2D eigenvalue weighted by Crippen LogP contribution is -2.37. The van der Waals surface area contributed by atoms with Crippen LogP contribution in [0.3, 0.4) is 0 Å². The highest BCUT2D eigenvalue weighted by Gasteiger charge is 2.23. The highest BCUT2D eigenvalue weighted by Crippen LogP contribution is 2.33. The summed E-state index contributed by atoms with van der Waals surface area (Å²) < 4.78 is 31.3. The Morgan fingerprint density at radius 2 is 2.00 bits per heavy atom. The van der Waals surface area contributed by atoms with E-state index in [1.807, 2.05) is 4.90 Å². The SMILES string of the molecule is COC1CCN(c2ccc(N)cc2C(F)F)CC1. The summed E-state index contributed by atoms with van der Waals surface area (Å²) in [5.41, 5.74) is 6.55. The molecular formula is C13H18F2N2O. The van der Waals surface area contributed by atoms with Crippen molar-refractivity contribution >= 4 is 11.4 Å². The molecule has 1 aromatic carbocycles.